The molecule has 2 aromatic rings. The molecule has 2 N–H and O–H groups in total. The third-order valence-electron chi connectivity index (χ3n) is 5.40. The number of carbonyl (C=O) groups excluding carboxylic acids is 1. The van der Waals surface area contributed by atoms with Gasteiger partial charge in [0.2, 0.25) is 0 Å². The molecule has 182 valence electrons. The molecule has 1 saturated heterocycles. The van der Waals surface area contributed by atoms with E-state index in [-0.39, 0.29) is 23.4 Å². The number of nitrogens with zero attached hydrogens (tertiary/aromatic N) is 1. The number of methoxy groups -OCH3 is 1. The van der Waals surface area contributed by atoms with Gasteiger partial charge in [-0.15, -0.1) is 0 Å². The molecular formula is C25H28F3N3O3. The maximum absolute atomic E-state index is 13.6. The number of halogens is 3. The van der Waals surface area contributed by atoms with Gasteiger partial charge in [0.15, 0.2) is 0 Å². The lowest BCUT2D eigenvalue weighted by atomic mass is 10.1. The molecule has 1 aliphatic rings. The summed E-state index contributed by atoms with van der Waals surface area (Å²) in [5.41, 5.74) is 0.121. The number of ether oxygens (including phenoxy) is 2. The fraction of sp³-hybridized carbons (Fsp3) is 0.400. The highest BCUT2D eigenvalue weighted by atomic mass is 19.4. The van der Waals surface area contributed by atoms with Gasteiger partial charge in [-0.05, 0) is 42.8 Å². The summed E-state index contributed by atoms with van der Waals surface area (Å²) in [7, 11) is 1.49. The molecule has 1 heterocycles. The Morgan fingerprint density at radius 3 is 2.65 bits per heavy atom. The number of hydrogen-bond acceptors (Lipinski definition) is 5. The molecule has 0 spiro atoms. The Bertz CT molecular complexity index is 1050. The first-order valence-corrected chi connectivity index (χ1v) is 10.9. The van der Waals surface area contributed by atoms with Crippen molar-refractivity contribution in [3.05, 3.63) is 58.7 Å². The van der Waals surface area contributed by atoms with Crippen LogP contribution in [0.5, 0.6) is 5.75 Å². The topological polar surface area (TPSA) is 62.8 Å². The molecule has 3 rings (SSSR count). The number of carbonyl (C=O) groups is 1. The van der Waals surface area contributed by atoms with Crippen LogP contribution in [0.1, 0.15) is 27.0 Å². The highest BCUT2D eigenvalue weighted by Crippen LogP contribution is 2.33. The van der Waals surface area contributed by atoms with Gasteiger partial charge >= 0.3 is 6.18 Å². The highest BCUT2D eigenvalue weighted by molar-refractivity contribution is 6.04. The fourth-order valence-electron chi connectivity index (χ4n) is 3.48. The lowest BCUT2D eigenvalue weighted by Gasteiger charge is -2.26. The van der Waals surface area contributed by atoms with Gasteiger partial charge < -0.3 is 20.1 Å². The molecule has 6 nitrogen and oxygen atoms in total. The predicted molar refractivity (Wildman–Crippen MR) is 124 cm³/mol. The second kappa shape index (κ2) is 11.9. The Morgan fingerprint density at radius 2 is 1.94 bits per heavy atom. The molecule has 0 saturated carbocycles. The van der Waals surface area contributed by atoms with Crippen LogP contribution < -0.4 is 15.4 Å². The van der Waals surface area contributed by atoms with E-state index < -0.39 is 17.6 Å². The van der Waals surface area contributed by atoms with Crippen molar-refractivity contribution in [2.45, 2.75) is 13.1 Å². The second-order valence-electron chi connectivity index (χ2n) is 7.83. The molecule has 34 heavy (non-hydrogen) atoms. The maximum Gasteiger partial charge on any atom is 0.417 e. The van der Waals surface area contributed by atoms with Crippen molar-refractivity contribution in [2.75, 3.05) is 58.4 Å². The smallest absolute Gasteiger partial charge is 0.417 e. The number of hydrogen-bond donors (Lipinski definition) is 2. The highest BCUT2D eigenvalue weighted by Gasteiger charge is 2.33. The van der Waals surface area contributed by atoms with Gasteiger partial charge in [0.25, 0.3) is 5.91 Å². The van der Waals surface area contributed by atoms with Crippen molar-refractivity contribution in [3.63, 3.8) is 0 Å². The molecule has 0 aliphatic carbocycles. The predicted octanol–water partition coefficient (Wildman–Crippen LogP) is 3.55. The molecule has 0 bridgehead atoms. The first-order valence-electron chi connectivity index (χ1n) is 10.9. The largest absolute Gasteiger partial charge is 0.496 e. The standard InChI is InChI=1S/C25H28F3N3O3/c1-18-5-6-20(16-23(18)33-2)24(32)30-21-8-7-19(22(17-21)25(26,27)28)4-3-9-29-10-11-31-12-14-34-15-13-31/h5-8,16-17,29H,9-15H2,1-2H3,(H,30,32). The maximum atomic E-state index is 13.6. The lowest BCUT2D eigenvalue weighted by Crippen LogP contribution is -2.40. The summed E-state index contributed by atoms with van der Waals surface area (Å²) >= 11 is 0. The van der Waals surface area contributed by atoms with E-state index in [0.29, 0.717) is 12.3 Å². The van der Waals surface area contributed by atoms with Gasteiger partial charge in [-0.2, -0.15) is 13.2 Å². The van der Waals surface area contributed by atoms with Crippen molar-refractivity contribution in [1.82, 2.24) is 10.2 Å². The molecule has 1 aliphatic heterocycles. The number of aryl methyl sites for hydroxylation is 1. The Hall–Kier alpha value is -3.06. The average molecular weight is 476 g/mol. The molecular weight excluding hydrogens is 447 g/mol. The fourth-order valence-corrected chi connectivity index (χ4v) is 3.48. The van der Waals surface area contributed by atoms with Crippen LogP contribution >= 0.6 is 0 Å². The summed E-state index contributed by atoms with van der Waals surface area (Å²) in [6.07, 6.45) is -4.61. The van der Waals surface area contributed by atoms with E-state index in [2.05, 4.69) is 27.4 Å². The summed E-state index contributed by atoms with van der Waals surface area (Å²) in [5.74, 6) is 5.34. The van der Waals surface area contributed by atoms with Crippen LogP contribution in [-0.4, -0.2) is 63.9 Å². The van der Waals surface area contributed by atoms with Crippen molar-refractivity contribution >= 4 is 11.6 Å². The van der Waals surface area contributed by atoms with Crippen LogP contribution in [0.15, 0.2) is 36.4 Å². The average Bonchev–Trinajstić information content (AvgIpc) is 2.82. The number of alkyl halides is 3. The molecule has 0 unspecified atom stereocenters. The van der Waals surface area contributed by atoms with Crippen LogP contribution in [0.3, 0.4) is 0 Å². The van der Waals surface area contributed by atoms with Crippen LogP contribution in [-0.2, 0) is 10.9 Å². The minimum absolute atomic E-state index is 0.0334. The monoisotopic (exact) mass is 475 g/mol. The van der Waals surface area contributed by atoms with Gasteiger partial charge in [0.05, 0.1) is 32.4 Å². The van der Waals surface area contributed by atoms with Crippen molar-refractivity contribution < 1.29 is 27.4 Å². The van der Waals surface area contributed by atoms with Gasteiger partial charge in [-0.1, -0.05) is 17.9 Å². The third-order valence-corrected chi connectivity index (χ3v) is 5.40. The molecule has 1 fully saturated rings. The summed E-state index contributed by atoms with van der Waals surface area (Å²) in [5, 5.41) is 5.64. The molecule has 2 aromatic carbocycles. The van der Waals surface area contributed by atoms with Crippen molar-refractivity contribution in [3.8, 4) is 17.6 Å². The SMILES string of the molecule is COc1cc(C(=O)Nc2ccc(C#CCNCCN3CCOCC3)c(C(F)(F)F)c2)ccc1C. The van der Waals surface area contributed by atoms with E-state index in [9.17, 15) is 18.0 Å². The lowest BCUT2D eigenvalue weighted by molar-refractivity contribution is -0.137. The summed E-state index contributed by atoms with van der Waals surface area (Å²) in [6, 6.07) is 8.43. The Labute approximate surface area is 197 Å². The molecule has 0 aromatic heterocycles. The van der Waals surface area contributed by atoms with E-state index in [1.807, 2.05) is 6.92 Å². The summed E-state index contributed by atoms with van der Waals surface area (Å²) < 4.78 is 51.4. The van der Waals surface area contributed by atoms with E-state index >= 15 is 0 Å². The number of amides is 1. The zero-order valence-corrected chi connectivity index (χ0v) is 19.2. The molecule has 0 atom stereocenters. The Balaban J connectivity index is 1.63. The van der Waals surface area contributed by atoms with Gasteiger partial charge in [0, 0.05) is 43.0 Å². The molecule has 9 heteroatoms. The summed E-state index contributed by atoms with van der Waals surface area (Å²) in [6.45, 7) is 6.82. The van der Waals surface area contributed by atoms with E-state index in [1.165, 1.54) is 19.2 Å². The number of anilines is 1. The third kappa shape index (κ3) is 7.22. The van der Waals surface area contributed by atoms with Crippen molar-refractivity contribution in [1.29, 1.82) is 0 Å². The minimum atomic E-state index is -4.61. The molecule has 1 amide bonds. The van der Waals surface area contributed by atoms with Crippen LogP contribution in [0, 0.1) is 18.8 Å². The Kier molecular flexibility index (Phi) is 8.93. The zero-order valence-electron chi connectivity index (χ0n) is 19.2. The van der Waals surface area contributed by atoms with Crippen molar-refractivity contribution in [2.24, 2.45) is 0 Å². The van der Waals surface area contributed by atoms with E-state index in [4.69, 9.17) is 9.47 Å². The Morgan fingerprint density at radius 1 is 1.18 bits per heavy atom. The second-order valence-corrected chi connectivity index (χ2v) is 7.83. The molecule has 0 radical (unpaired) electrons. The number of rotatable bonds is 7. The number of nitrogens with one attached hydrogen (secondary N) is 2. The van der Waals surface area contributed by atoms with Crippen LogP contribution in [0.4, 0.5) is 18.9 Å². The number of benzene rings is 2. The minimum Gasteiger partial charge on any atom is -0.496 e. The van der Waals surface area contributed by atoms with E-state index in [0.717, 1.165) is 44.5 Å². The van der Waals surface area contributed by atoms with Gasteiger partial charge in [-0.25, -0.2) is 0 Å². The van der Waals surface area contributed by atoms with Crippen LogP contribution in [0.25, 0.3) is 0 Å². The van der Waals surface area contributed by atoms with Crippen LogP contribution in [0.2, 0.25) is 0 Å². The quantitative estimate of drug-likeness (QED) is 0.474. The zero-order chi connectivity index (χ0) is 24.6. The van der Waals surface area contributed by atoms with Gasteiger partial charge in [-0.3, -0.25) is 9.69 Å². The summed E-state index contributed by atoms with van der Waals surface area (Å²) in [4.78, 5) is 14.8. The normalized spacial score (nSPS) is 14.3. The number of morpholine rings is 1. The first-order chi connectivity index (χ1) is 16.3. The first kappa shape index (κ1) is 25.6. The van der Waals surface area contributed by atoms with E-state index in [1.54, 1.807) is 18.2 Å². The van der Waals surface area contributed by atoms with Gasteiger partial charge in [0.1, 0.15) is 5.75 Å².